The lowest BCUT2D eigenvalue weighted by Crippen LogP contribution is -2.54. The largest absolute Gasteiger partial charge is 0.497 e. The smallest absolute Gasteiger partial charge is 0.409 e. The summed E-state index contributed by atoms with van der Waals surface area (Å²) in [4.78, 5) is 20.1. The Kier molecular flexibility index (Phi) is 8.03. The molecule has 27 heavy (non-hydrogen) atoms. The molecule has 1 aromatic carbocycles. The summed E-state index contributed by atoms with van der Waals surface area (Å²) in [6, 6.07) is 5.79. The van der Waals surface area contributed by atoms with Gasteiger partial charge in [-0.1, -0.05) is 0 Å². The first-order valence-corrected chi connectivity index (χ1v) is 9.21. The first kappa shape index (κ1) is 20.7. The van der Waals surface area contributed by atoms with Crippen LogP contribution < -0.4 is 14.8 Å². The Morgan fingerprint density at radius 2 is 1.85 bits per heavy atom. The van der Waals surface area contributed by atoms with Gasteiger partial charge >= 0.3 is 6.09 Å². The van der Waals surface area contributed by atoms with Crippen LogP contribution in [-0.2, 0) is 11.2 Å². The van der Waals surface area contributed by atoms with Crippen LogP contribution in [0, 0.1) is 0 Å². The predicted octanol–water partition coefficient (Wildman–Crippen LogP) is 1.60. The van der Waals surface area contributed by atoms with Crippen molar-refractivity contribution in [2.24, 2.45) is 4.99 Å². The van der Waals surface area contributed by atoms with Gasteiger partial charge in [0.15, 0.2) is 5.96 Å². The molecule has 1 heterocycles. The molecular formula is C19H30N4O4. The quantitative estimate of drug-likeness (QED) is 0.599. The molecule has 8 heteroatoms. The maximum Gasteiger partial charge on any atom is 0.409 e. The lowest BCUT2D eigenvalue weighted by atomic mass is 10.1. The third kappa shape index (κ3) is 5.67. The van der Waals surface area contributed by atoms with Crippen LogP contribution in [0.4, 0.5) is 4.79 Å². The fraction of sp³-hybridized carbons (Fsp3) is 0.579. The van der Waals surface area contributed by atoms with Crippen molar-refractivity contribution in [2.75, 3.05) is 60.6 Å². The monoisotopic (exact) mass is 378 g/mol. The van der Waals surface area contributed by atoms with Gasteiger partial charge in [0.1, 0.15) is 11.5 Å². The Morgan fingerprint density at radius 3 is 2.44 bits per heavy atom. The molecule has 0 saturated carbocycles. The number of carbonyl (C=O) groups is 1. The summed E-state index contributed by atoms with van der Waals surface area (Å²) >= 11 is 0. The molecule has 0 bridgehead atoms. The average Bonchev–Trinajstić information content (AvgIpc) is 2.71. The van der Waals surface area contributed by atoms with Crippen molar-refractivity contribution >= 4 is 12.1 Å². The number of hydrogen-bond acceptors (Lipinski definition) is 5. The zero-order chi connectivity index (χ0) is 19.6. The zero-order valence-electron chi connectivity index (χ0n) is 16.7. The summed E-state index contributed by atoms with van der Waals surface area (Å²) < 4.78 is 15.8. The van der Waals surface area contributed by atoms with Crippen LogP contribution in [0.15, 0.2) is 23.2 Å². The molecule has 0 aromatic heterocycles. The molecular weight excluding hydrogens is 348 g/mol. The Labute approximate surface area is 161 Å². The van der Waals surface area contributed by atoms with Crippen LogP contribution in [0.3, 0.4) is 0 Å². The maximum atomic E-state index is 11.8. The van der Waals surface area contributed by atoms with Gasteiger partial charge < -0.3 is 29.3 Å². The van der Waals surface area contributed by atoms with Gasteiger partial charge in [-0.2, -0.15) is 0 Å². The first-order chi connectivity index (χ1) is 13.1. The van der Waals surface area contributed by atoms with E-state index < -0.39 is 0 Å². The molecule has 0 radical (unpaired) electrons. The summed E-state index contributed by atoms with van der Waals surface area (Å²) in [5, 5.41) is 3.39. The minimum atomic E-state index is -0.245. The van der Waals surface area contributed by atoms with E-state index in [4.69, 9.17) is 14.2 Å². The fourth-order valence-corrected chi connectivity index (χ4v) is 3.03. The summed E-state index contributed by atoms with van der Waals surface area (Å²) in [7, 11) is 5.09. The molecule has 1 amide bonds. The number of carbonyl (C=O) groups excluding carboxylic acids is 1. The molecule has 1 aromatic rings. The molecule has 1 fully saturated rings. The first-order valence-electron chi connectivity index (χ1n) is 9.21. The Balaban J connectivity index is 1.86. The third-order valence-corrected chi connectivity index (χ3v) is 4.48. The van der Waals surface area contributed by atoms with E-state index >= 15 is 0 Å². The molecule has 8 nitrogen and oxygen atoms in total. The van der Waals surface area contributed by atoms with Crippen LogP contribution in [0.2, 0.25) is 0 Å². The summed E-state index contributed by atoms with van der Waals surface area (Å²) in [6.07, 6.45) is 0.535. The number of rotatable bonds is 6. The van der Waals surface area contributed by atoms with Crippen molar-refractivity contribution in [2.45, 2.75) is 13.3 Å². The van der Waals surface area contributed by atoms with Crippen molar-refractivity contribution in [3.8, 4) is 11.5 Å². The average molecular weight is 378 g/mol. The van der Waals surface area contributed by atoms with E-state index in [-0.39, 0.29) is 6.09 Å². The van der Waals surface area contributed by atoms with Gasteiger partial charge in [-0.25, -0.2) is 4.79 Å². The molecule has 1 N–H and O–H groups in total. The Hall–Kier alpha value is -2.64. The summed E-state index contributed by atoms with van der Waals surface area (Å²) in [6.45, 7) is 5.63. The normalized spacial score (nSPS) is 14.7. The van der Waals surface area contributed by atoms with Crippen molar-refractivity contribution in [1.82, 2.24) is 15.1 Å². The highest BCUT2D eigenvalue weighted by Crippen LogP contribution is 2.24. The topological polar surface area (TPSA) is 75.6 Å². The second-order valence-corrected chi connectivity index (χ2v) is 6.07. The van der Waals surface area contributed by atoms with Crippen LogP contribution in [-0.4, -0.2) is 82.5 Å². The molecule has 0 atom stereocenters. The molecule has 2 rings (SSSR count). The van der Waals surface area contributed by atoms with Crippen molar-refractivity contribution in [3.05, 3.63) is 23.8 Å². The minimum absolute atomic E-state index is 0.245. The number of benzene rings is 1. The van der Waals surface area contributed by atoms with E-state index in [1.807, 2.05) is 25.1 Å². The van der Waals surface area contributed by atoms with E-state index in [0.29, 0.717) is 26.2 Å². The lowest BCUT2D eigenvalue weighted by molar-refractivity contribution is 0.0915. The standard InChI is InChI=1S/C19H30N4O4/c1-5-27-19(24)23-12-10-22(11-13-23)18(20-2)21-9-8-15-14-16(25-3)6-7-17(15)26-4/h6-7,14H,5,8-13H2,1-4H3,(H,20,21). The third-order valence-electron chi connectivity index (χ3n) is 4.48. The molecule has 0 unspecified atom stereocenters. The molecule has 1 aliphatic rings. The number of guanidine groups is 1. The lowest BCUT2D eigenvalue weighted by Gasteiger charge is -2.35. The number of amides is 1. The van der Waals surface area contributed by atoms with Crippen molar-refractivity contribution in [3.63, 3.8) is 0 Å². The van der Waals surface area contributed by atoms with Gasteiger partial charge in [-0.3, -0.25) is 4.99 Å². The highest BCUT2D eigenvalue weighted by Gasteiger charge is 2.23. The van der Waals surface area contributed by atoms with Crippen molar-refractivity contribution in [1.29, 1.82) is 0 Å². The number of hydrogen-bond donors (Lipinski definition) is 1. The summed E-state index contributed by atoms with van der Waals surface area (Å²) in [5.41, 5.74) is 1.08. The van der Waals surface area contributed by atoms with Gasteiger partial charge in [-0.05, 0) is 37.1 Å². The Bertz CT molecular complexity index is 643. The highest BCUT2D eigenvalue weighted by molar-refractivity contribution is 5.80. The van der Waals surface area contributed by atoms with Gasteiger partial charge in [0, 0.05) is 39.8 Å². The van der Waals surface area contributed by atoms with E-state index in [9.17, 15) is 4.79 Å². The maximum absolute atomic E-state index is 11.8. The number of aliphatic imine (C=N–C) groups is 1. The molecule has 0 spiro atoms. The van der Waals surface area contributed by atoms with Gasteiger partial charge in [0.2, 0.25) is 0 Å². The molecule has 0 aliphatic carbocycles. The second kappa shape index (κ2) is 10.5. The minimum Gasteiger partial charge on any atom is -0.497 e. The van der Waals surface area contributed by atoms with Gasteiger partial charge in [-0.15, -0.1) is 0 Å². The van der Waals surface area contributed by atoms with Gasteiger partial charge in [0.25, 0.3) is 0 Å². The van der Waals surface area contributed by atoms with Gasteiger partial charge in [0.05, 0.1) is 20.8 Å². The number of piperazine rings is 1. The molecule has 1 saturated heterocycles. The van der Waals surface area contributed by atoms with E-state index in [2.05, 4.69) is 15.2 Å². The SMILES string of the molecule is CCOC(=O)N1CCN(C(=NC)NCCc2cc(OC)ccc2OC)CC1. The number of nitrogens with one attached hydrogen (secondary N) is 1. The number of nitrogens with zero attached hydrogens (tertiary/aromatic N) is 3. The zero-order valence-corrected chi connectivity index (χ0v) is 16.7. The fourth-order valence-electron chi connectivity index (χ4n) is 3.03. The van der Waals surface area contributed by atoms with E-state index in [0.717, 1.165) is 42.5 Å². The van der Waals surface area contributed by atoms with Crippen LogP contribution in [0.25, 0.3) is 0 Å². The molecule has 150 valence electrons. The number of ether oxygens (including phenoxy) is 3. The highest BCUT2D eigenvalue weighted by atomic mass is 16.6. The van der Waals surface area contributed by atoms with Crippen LogP contribution in [0.5, 0.6) is 11.5 Å². The summed E-state index contributed by atoms with van der Waals surface area (Å²) in [5.74, 6) is 2.49. The Morgan fingerprint density at radius 1 is 1.15 bits per heavy atom. The van der Waals surface area contributed by atoms with Crippen molar-refractivity contribution < 1.29 is 19.0 Å². The predicted molar refractivity (Wildman–Crippen MR) is 105 cm³/mol. The molecule has 1 aliphatic heterocycles. The second-order valence-electron chi connectivity index (χ2n) is 6.07. The van der Waals surface area contributed by atoms with Crippen LogP contribution in [0.1, 0.15) is 12.5 Å². The van der Waals surface area contributed by atoms with Crippen LogP contribution >= 0.6 is 0 Å². The van der Waals surface area contributed by atoms with E-state index in [1.165, 1.54) is 0 Å². The van der Waals surface area contributed by atoms with E-state index in [1.54, 1.807) is 26.2 Å². The number of methoxy groups -OCH3 is 2.